The SMILES string of the molecule is Cc1nc2ccc(Cl)cn2c1C(=O)NCc1ccc2c(c1)OCO2. The van der Waals surface area contributed by atoms with Gasteiger partial charge in [-0.3, -0.25) is 9.20 Å². The molecule has 0 bridgehead atoms. The number of nitrogens with one attached hydrogen (secondary N) is 1. The fourth-order valence-corrected chi connectivity index (χ4v) is 2.89. The lowest BCUT2D eigenvalue weighted by Gasteiger charge is -2.07. The summed E-state index contributed by atoms with van der Waals surface area (Å²) >= 11 is 6.03. The van der Waals surface area contributed by atoms with Crippen molar-refractivity contribution >= 4 is 23.2 Å². The number of pyridine rings is 1. The molecule has 0 aliphatic carbocycles. The van der Waals surface area contributed by atoms with Crippen molar-refractivity contribution in [2.24, 2.45) is 0 Å². The third-order valence-electron chi connectivity index (χ3n) is 3.86. The molecule has 3 heterocycles. The van der Waals surface area contributed by atoms with Crippen molar-refractivity contribution in [2.45, 2.75) is 13.5 Å². The summed E-state index contributed by atoms with van der Waals surface area (Å²) in [4.78, 5) is 17.0. The van der Waals surface area contributed by atoms with E-state index in [-0.39, 0.29) is 12.7 Å². The highest BCUT2D eigenvalue weighted by molar-refractivity contribution is 6.30. The first-order valence-corrected chi connectivity index (χ1v) is 7.80. The predicted molar refractivity (Wildman–Crippen MR) is 88.7 cm³/mol. The average molecular weight is 344 g/mol. The molecule has 0 atom stereocenters. The molecule has 1 aromatic carbocycles. The van der Waals surface area contributed by atoms with Gasteiger partial charge >= 0.3 is 0 Å². The largest absolute Gasteiger partial charge is 0.454 e. The van der Waals surface area contributed by atoms with Crippen LogP contribution in [0, 0.1) is 6.92 Å². The first-order valence-electron chi connectivity index (χ1n) is 7.43. The number of imidazole rings is 1. The van der Waals surface area contributed by atoms with Crippen LogP contribution in [0.4, 0.5) is 0 Å². The van der Waals surface area contributed by atoms with Crippen LogP contribution in [0.5, 0.6) is 11.5 Å². The van der Waals surface area contributed by atoms with E-state index in [9.17, 15) is 4.79 Å². The van der Waals surface area contributed by atoms with E-state index in [0.717, 1.165) is 11.3 Å². The Balaban J connectivity index is 1.56. The number of carbonyl (C=O) groups is 1. The van der Waals surface area contributed by atoms with Gasteiger partial charge in [0.25, 0.3) is 5.91 Å². The number of halogens is 1. The number of benzene rings is 1. The summed E-state index contributed by atoms with van der Waals surface area (Å²) in [5.41, 5.74) is 2.75. The minimum Gasteiger partial charge on any atom is -0.454 e. The van der Waals surface area contributed by atoms with E-state index in [0.29, 0.717) is 34.4 Å². The lowest BCUT2D eigenvalue weighted by molar-refractivity contribution is 0.0944. The first-order chi connectivity index (χ1) is 11.6. The minimum absolute atomic E-state index is 0.208. The van der Waals surface area contributed by atoms with Gasteiger partial charge in [-0.25, -0.2) is 4.98 Å². The average Bonchev–Trinajstić information content (AvgIpc) is 3.15. The topological polar surface area (TPSA) is 64.9 Å². The van der Waals surface area contributed by atoms with E-state index in [4.69, 9.17) is 21.1 Å². The first kappa shape index (κ1) is 14.8. The van der Waals surface area contributed by atoms with Gasteiger partial charge in [-0.15, -0.1) is 0 Å². The summed E-state index contributed by atoms with van der Waals surface area (Å²) in [7, 11) is 0. The van der Waals surface area contributed by atoms with Gasteiger partial charge < -0.3 is 14.8 Å². The van der Waals surface area contributed by atoms with Crippen LogP contribution in [0.25, 0.3) is 5.65 Å². The standard InChI is InChI=1S/C17H14ClN3O3/c1-10-16(21-8-12(18)3-5-15(21)20-10)17(22)19-7-11-2-4-13-14(6-11)24-9-23-13/h2-6,8H,7,9H2,1H3,(H,19,22). The Morgan fingerprint density at radius 1 is 1.29 bits per heavy atom. The molecule has 0 fully saturated rings. The maximum Gasteiger partial charge on any atom is 0.270 e. The highest BCUT2D eigenvalue weighted by Crippen LogP contribution is 2.32. The van der Waals surface area contributed by atoms with E-state index in [1.54, 1.807) is 29.7 Å². The molecular weight excluding hydrogens is 330 g/mol. The second-order valence-electron chi connectivity index (χ2n) is 5.49. The Hall–Kier alpha value is -2.73. The second-order valence-corrected chi connectivity index (χ2v) is 5.93. The van der Waals surface area contributed by atoms with Crippen molar-refractivity contribution in [1.82, 2.24) is 14.7 Å². The smallest absolute Gasteiger partial charge is 0.270 e. The van der Waals surface area contributed by atoms with Crippen molar-refractivity contribution < 1.29 is 14.3 Å². The van der Waals surface area contributed by atoms with Crippen LogP contribution in [-0.4, -0.2) is 22.1 Å². The fourth-order valence-electron chi connectivity index (χ4n) is 2.73. The molecule has 1 aliphatic rings. The lowest BCUT2D eigenvalue weighted by Crippen LogP contribution is -2.25. The van der Waals surface area contributed by atoms with Crippen LogP contribution in [0.1, 0.15) is 21.7 Å². The number of hydrogen-bond donors (Lipinski definition) is 1. The summed E-state index contributed by atoms with van der Waals surface area (Å²) in [5, 5.41) is 3.45. The van der Waals surface area contributed by atoms with Crippen LogP contribution in [0.3, 0.4) is 0 Å². The Bertz CT molecular complexity index is 952. The Labute approximate surface area is 143 Å². The molecule has 24 heavy (non-hydrogen) atoms. The molecule has 4 rings (SSSR count). The highest BCUT2D eigenvalue weighted by atomic mass is 35.5. The second kappa shape index (κ2) is 5.72. The number of fused-ring (bicyclic) bond motifs is 2. The predicted octanol–water partition coefficient (Wildman–Crippen LogP) is 2.95. The fraction of sp³-hybridized carbons (Fsp3) is 0.176. The molecule has 7 heteroatoms. The number of ether oxygens (including phenoxy) is 2. The van der Waals surface area contributed by atoms with Crippen LogP contribution >= 0.6 is 11.6 Å². The number of aromatic nitrogens is 2. The molecule has 0 spiro atoms. The Morgan fingerprint density at radius 2 is 2.12 bits per heavy atom. The van der Waals surface area contributed by atoms with E-state index in [2.05, 4.69) is 10.3 Å². The maximum atomic E-state index is 12.6. The molecule has 1 N–H and O–H groups in total. The number of hydrogen-bond acceptors (Lipinski definition) is 4. The van der Waals surface area contributed by atoms with E-state index in [1.807, 2.05) is 18.2 Å². The normalized spacial score (nSPS) is 12.6. The van der Waals surface area contributed by atoms with Crippen molar-refractivity contribution in [3.63, 3.8) is 0 Å². The van der Waals surface area contributed by atoms with Crippen molar-refractivity contribution in [3.05, 3.63) is 58.5 Å². The van der Waals surface area contributed by atoms with Crippen LogP contribution in [0.15, 0.2) is 36.5 Å². The number of amides is 1. The van der Waals surface area contributed by atoms with Crippen molar-refractivity contribution in [3.8, 4) is 11.5 Å². The van der Waals surface area contributed by atoms with E-state index in [1.165, 1.54) is 0 Å². The molecule has 2 aromatic heterocycles. The molecule has 0 saturated carbocycles. The molecule has 0 saturated heterocycles. The van der Waals surface area contributed by atoms with Crippen LogP contribution < -0.4 is 14.8 Å². The molecule has 3 aromatic rings. The van der Waals surface area contributed by atoms with Gasteiger partial charge in [0.05, 0.1) is 10.7 Å². The minimum atomic E-state index is -0.208. The third kappa shape index (κ3) is 2.55. The number of nitrogens with zero attached hydrogens (tertiary/aromatic N) is 2. The Kier molecular flexibility index (Phi) is 3.54. The van der Waals surface area contributed by atoms with E-state index < -0.39 is 0 Å². The van der Waals surface area contributed by atoms with Gasteiger partial charge in [0, 0.05) is 12.7 Å². The van der Waals surface area contributed by atoms with Gasteiger partial charge in [0.1, 0.15) is 11.3 Å². The molecule has 1 aliphatic heterocycles. The molecule has 1 amide bonds. The lowest BCUT2D eigenvalue weighted by atomic mass is 10.2. The number of aryl methyl sites for hydroxylation is 1. The zero-order valence-electron chi connectivity index (χ0n) is 12.9. The summed E-state index contributed by atoms with van der Waals surface area (Å²) < 4.78 is 12.3. The van der Waals surface area contributed by atoms with Crippen molar-refractivity contribution in [2.75, 3.05) is 6.79 Å². The molecular formula is C17H14ClN3O3. The quantitative estimate of drug-likeness (QED) is 0.794. The van der Waals surface area contributed by atoms with Gasteiger partial charge in [-0.05, 0) is 36.8 Å². The highest BCUT2D eigenvalue weighted by Gasteiger charge is 2.17. The summed E-state index contributed by atoms with van der Waals surface area (Å²) in [6.07, 6.45) is 1.69. The molecule has 6 nitrogen and oxygen atoms in total. The third-order valence-corrected chi connectivity index (χ3v) is 4.09. The zero-order chi connectivity index (χ0) is 16.7. The van der Waals surface area contributed by atoms with Crippen molar-refractivity contribution in [1.29, 1.82) is 0 Å². The molecule has 0 unspecified atom stereocenters. The van der Waals surface area contributed by atoms with Gasteiger partial charge in [0.15, 0.2) is 11.5 Å². The molecule has 122 valence electrons. The monoisotopic (exact) mass is 343 g/mol. The summed E-state index contributed by atoms with van der Waals surface area (Å²) in [5.74, 6) is 1.21. The van der Waals surface area contributed by atoms with Gasteiger partial charge in [0.2, 0.25) is 6.79 Å². The van der Waals surface area contributed by atoms with Crippen LogP contribution in [-0.2, 0) is 6.54 Å². The summed E-state index contributed by atoms with van der Waals surface area (Å²) in [6, 6.07) is 9.12. The van der Waals surface area contributed by atoms with Gasteiger partial charge in [-0.1, -0.05) is 17.7 Å². The van der Waals surface area contributed by atoms with Gasteiger partial charge in [-0.2, -0.15) is 0 Å². The molecule has 0 radical (unpaired) electrons. The Morgan fingerprint density at radius 3 is 3.00 bits per heavy atom. The number of rotatable bonds is 3. The maximum absolute atomic E-state index is 12.6. The van der Waals surface area contributed by atoms with Crippen LogP contribution in [0.2, 0.25) is 5.02 Å². The van der Waals surface area contributed by atoms with E-state index >= 15 is 0 Å². The number of carbonyl (C=O) groups excluding carboxylic acids is 1. The zero-order valence-corrected chi connectivity index (χ0v) is 13.6. The summed E-state index contributed by atoms with van der Waals surface area (Å²) in [6.45, 7) is 2.41.